The number of aliphatic carboxylic acids is 2. The van der Waals surface area contributed by atoms with Crippen molar-refractivity contribution in [3.8, 4) is 5.75 Å². The van der Waals surface area contributed by atoms with Gasteiger partial charge in [-0.1, -0.05) is 78.4 Å². The third-order valence-corrected chi connectivity index (χ3v) is 19.9. The first-order chi connectivity index (χ1) is 54.7. The number of aryl methyl sites for hydroxylation is 2. The average molecular weight is 1690 g/mol. The molecule has 5 aromatic rings. The highest BCUT2D eigenvalue weighted by Gasteiger charge is 2.34. The molecule has 618 valence electrons. The molecule has 6 rings (SSSR count). The number of carbonyl (C=O) groups excluding carboxylic acids is 11. The maximum atomic E-state index is 14.8. The minimum absolute atomic E-state index is 0.000952. The largest absolute Gasteiger partial charge is 0.507 e. The highest BCUT2D eigenvalue weighted by Crippen LogP contribution is 2.23. The van der Waals surface area contributed by atoms with Crippen LogP contribution in [0.15, 0.2) is 109 Å². The number of amides is 9. The number of hydrogen-bond acceptors (Lipinski definition) is 21. The lowest BCUT2D eigenvalue weighted by Crippen LogP contribution is -2.58. The van der Waals surface area contributed by atoms with Crippen molar-refractivity contribution in [2.24, 2.45) is 11.5 Å². The molecule has 5 aromatic carbocycles. The topological polar surface area (TPSA) is 492 Å². The normalized spacial score (nSPS) is 14.4. The van der Waals surface area contributed by atoms with Gasteiger partial charge in [-0.05, 0) is 158 Å². The molecule has 0 aromatic heterocycles. The van der Waals surface area contributed by atoms with Crippen LogP contribution in [-0.2, 0) is 76.7 Å². The van der Waals surface area contributed by atoms with Gasteiger partial charge in [0.2, 0.25) is 41.4 Å². The summed E-state index contributed by atoms with van der Waals surface area (Å²) in [5, 5.41) is 63.8. The molecule has 0 bridgehead atoms. The lowest BCUT2D eigenvalue weighted by atomic mass is 10.00. The Bertz CT molecular complexity index is 4050. The lowest BCUT2D eigenvalue weighted by molar-refractivity contribution is -0.141. The monoisotopic (exact) mass is 1690 g/mol. The number of rotatable bonds is 46. The minimum Gasteiger partial charge on any atom is -0.507 e. The molecule has 1 saturated heterocycles. The Morgan fingerprint density at radius 1 is 0.544 bits per heavy atom. The van der Waals surface area contributed by atoms with Gasteiger partial charge in [0, 0.05) is 116 Å². The number of benzene rings is 5. The van der Waals surface area contributed by atoms with Crippen molar-refractivity contribution in [1.29, 1.82) is 5.41 Å². The Balaban J connectivity index is 1.08. The molecule has 0 aliphatic carbocycles. The molecule has 114 heavy (non-hydrogen) atoms. The van der Waals surface area contributed by atoms with Crippen LogP contribution < -0.4 is 59.3 Å². The lowest BCUT2D eigenvalue weighted by Gasteiger charge is -2.33. The zero-order valence-corrected chi connectivity index (χ0v) is 66.6. The molecular weight excluding hydrogens is 1590 g/mol. The van der Waals surface area contributed by atoms with E-state index in [9.17, 15) is 77.6 Å². The number of guanidine groups is 1. The quantitative estimate of drug-likeness (QED) is 0.00820. The van der Waals surface area contributed by atoms with E-state index in [-0.39, 0.29) is 198 Å². The van der Waals surface area contributed by atoms with Crippen molar-refractivity contribution >= 4 is 117 Å². The van der Waals surface area contributed by atoms with Crippen LogP contribution in [0.3, 0.4) is 0 Å². The molecule has 9 amide bonds. The van der Waals surface area contributed by atoms with Crippen molar-refractivity contribution in [2.45, 2.75) is 114 Å². The number of aldehydes is 1. The summed E-state index contributed by atoms with van der Waals surface area (Å²) in [7, 11) is 1.39. The fraction of sp³-hybridized carbons (Fsp3) is 0.468. The van der Waals surface area contributed by atoms with Crippen LogP contribution >= 0.6 is 22.6 Å². The average Bonchev–Trinajstić information content (AvgIpc) is 0.846. The van der Waals surface area contributed by atoms with E-state index in [0.717, 1.165) is 21.9 Å². The van der Waals surface area contributed by atoms with Gasteiger partial charge in [0.15, 0.2) is 5.96 Å². The standard InChI is InChI=1S/C79H108IN17O17/c1-53-17-19-54(20-18-53)10-7-16-68(101)84-32-33-87-74(109)63(90-69(102)48-94-35-36-95(49-70(103)104)37-38-96(50-71(105)106)40-42-97(41-39-94)51-114-52-99)13-5-6-29-85-72(107)58-24-26-59(27-25-58)73(108)86-30-9-15-66(93(2)78(113)62(81)46-56-22-28-67(100)61(80)45-56)77(112)91-64(14-8-31-89-79(82)83)76(111)92-65(75(110)88-34-43-98)47-55-21-23-57-11-3-4-12-60(57)44-55/h3-4,11-12,17-28,43-45,52,62-66,100H,5-10,13-16,29-42,46-51,81H2,1-2H3,(H,84,101)(H,85,107)(H,86,108)(H,87,109)(H,88,110)(H,90,102)(H,91,112)(H,92,111)(H,103,104)(H,105,106)(H4,82,83,89)/t62-,63?,64+,65+,66-/m1/s1. The molecule has 1 aliphatic rings. The number of nitrogens with zero attached hydrogens (tertiary/aromatic N) is 5. The number of likely N-dealkylation sites (N-methyl/N-ethyl adjacent to an activating group) is 1. The number of carboxylic acid groups (broad SMARTS) is 2. The van der Waals surface area contributed by atoms with Crippen LogP contribution in [0, 0.1) is 15.9 Å². The van der Waals surface area contributed by atoms with Gasteiger partial charge < -0.3 is 89.1 Å². The third-order valence-electron chi connectivity index (χ3n) is 19.0. The highest BCUT2D eigenvalue weighted by atomic mass is 127. The summed E-state index contributed by atoms with van der Waals surface area (Å²) in [5.41, 5.74) is 16.0. The van der Waals surface area contributed by atoms with E-state index in [2.05, 4.69) is 47.9 Å². The SMILES string of the molecule is Cc1ccc(CCCC(=O)NCCNC(=O)C(CCCCNC(=O)c2ccc(C(=O)NCCC[C@H](C(=O)N[C@@H](CCCNC(=N)N)C(=O)N[C@@H](Cc3ccc4ccccc4c3)C(=O)NCC=O)N(C)C(=O)[C@H](N)Cc3ccc(O)c(I)c3)cc2)NC(=O)CN2CCN(COC=O)CCN(CC(=O)O)CCN(CC(=O)O)CC2)cc1. The number of carboxylic acids is 2. The zero-order chi connectivity index (χ0) is 82.9. The maximum absolute atomic E-state index is 14.8. The second-order valence-corrected chi connectivity index (χ2v) is 29.1. The van der Waals surface area contributed by atoms with E-state index in [1.807, 2.05) is 96.2 Å². The zero-order valence-electron chi connectivity index (χ0n) is 64.5. The first-order valence-corrected chi connectivity index (χ1v) is 39.1. The smallest absolute Gasteiger partial charge is 0.317 e. The Hall–Kier alpha value is -10.7. The maximum Gasteiger partial charge on any atom is 0.317 e. The molecule has 1 unspecified atom stereocenters. The fourth-order valence-electron chi connectivity index (χ4n) is 12.7. The van der Waals surface area contributed by atoms with Gasteiger partial charge in [-0.2, -0.15) is 0 Å². The number of aromatic hydroxyl groups is 1. The van der Waals surface area contributed by atoms with Crippen molar-refractivity contribution in [3.63, 3.8) is 0 Å². The van der Waals surface area contributed by atoms with E-state index in [1.54, 1.807) is 31.7 Å². The van der Waals surface area contributed by atoms with Crippen LogP contribution in [0.25, 0.3) is 10.8 Å². The number of carbonyl (C=O) groups is 13. The molecule has 34 nitrogen and oxygen atoms in total. The predicted octanol–water partition coefficient (Wildman–Crippen LogP) is 0.318. The first-order valence-electron chi connectivity index (χ1n) is 38.0. The fourth-order valence-corrected chi connectivity index (χ4v) is 13.3. The van der Waals surface area contributed by atoms with Crippen LogP contribution in [0.4, 0.5) is 0 Å². The molecule has 0 spiro atoms. The number of halogens is 1. The van der Waals surface area contributed by atoms with Gasteiger partial charge >= 0.3 is 11.9 Å². The number of hydrogen-bond donors (Lipinski definition) is 15. The summed E-state index contributed by atoms with van der Waals surface area (Å²) in [5.74, 6) is -7.58. The van der Waals surface area contributed by atoms with Crippen LogP contribution in [0.2, 0.25) is 0 Å². The Kier molecular flexibility index (Phi) is 40.2. The van der Waals surface area contributed by atoms with E-state index in [0.29, 0.717) is 53.1 Å². The molecule has 17 N–H and O–H groups in total. The molecule has 0 saturated carbocycles. The molecule has 1 heterocycles. The van der Waals surface area contributed by atoms with Gasteiger partial charge in [-0.3, -0.25) is 82.5 Å². The summed E-state index contributed by atoms with van der Waals surface area (Å²) >= 11 is 1.94. The van der Waals surface area contributed by atoms with Gasteiger partial charge in [-0.25, -0.2) is 0 Å². The second-order valence-electron chi connectivity index (χ2n) is 27.9. The van der Waals surface area contributed by atoms with Gasteiger partial charge in [-0.15, -0.1) is 0 Å². The van der Waals surface area contributed by atoms with Crippen molar-refractivity contribution in [3.05, 3.63) is 146 Å². The van der Waals surface area contributed by atoms with Gasteiger partial charge in [0.25, 0.3) is 18.3 Å². The predicted molar refractivity (Wildman–Crippen MR) is 433 cm³/mol. The highest BCUT2D eigenvalue weighted by molar-refractivity contribution is 14.1. The number of fused-ring (bicyclic) bond motifs is 1. The molecule has 0 radical (unpaired) electrons. The van der Waals surface area contributed by atoms with Gasteiger partial charge in [0.05, 0.1) is 35.8 Å². The Morgan fingerprint density at radius 3 is 1.68 bits per heavy atom. The number of nitrogens with two attached hydrogens (primary N) is 2. The van der Waals surface area contributed by atoms with Crippen LogP contribution in [0.1, 0.15) is 101 Å². The summed E-state index contributed by atoms with van der Waals surface area (Å²) in [6, 6.07) is 25.6. The van der Waals surface area contributed by atoms with Crippen molar-refractivity contribution in [1.82, 2.24) is 72.4 Å². The van der Waals surface area contributed by atoms with Crippen molar-refractivity contribution in [2.75, 3.05) is 125 Å². The third kappa shape index (κ3) is 33.9. The van der Waals surface area contributed by atoms with E-state index < -0.39 is 89.4 Å². The summed E-state index contributed by atoms with van der Waals surface area (Å²) in [6.45, 7) is 3.22. The summed E-state index contributed by atoms with van der Waals surface area (Å²) in [4.78, 5) is 179. The Labute approximate surface area is 676 Å². The molecule has 1 fully saturated rings. The first kappa shape index (κ1) is 92.1. The Morgan fingerprint density at radius 2 is 1.07 bits per heavy atom. The molecular formula is C79H108IN17O17. The summed E-state index contributed by atoms with van der Waals surface area (Å²) in [6.07, 6.45) is 3.10. The van der Waals surface area contributed by atoms with E-state index in [1.165, 1.54) is 42.3 Å². The van der Waals surface area contributed by atoms with Gasteiger partial charge in [0.1, 0.15) is 42.9 Å². The number of nitrogens with one attached hydrogen (secondary N) is 10. The molecule has 1 aliphatic heterocycles. The molecule has 35 heteroatoms. The van der Waals surface area contributed by atoms with E-state index >= 15 is 0 Å². The number of ether oxygens (including phenoxy) is 1. The number of unbranched alkanes of at least 4 members (excludes halogenated alkanes) is 1. The van der Waals surface area contributed by atoms with Crippen LogP contribution in [0.5, 0.6) is 5.75 Å². The summed E-state index contributed by atoms with van der Waals surface area (Å²) < 4.78 is 5.57. The second kappa shape index (κ2) is 49.7. The molecule has 5 atom stereocenters. The van der Waals surface area contributed by atoms with E-state index in [4.69, 9.17) is 21.6 Å². The number of phenolic OH excluding ortho intramolecular Hbond substituents is 1. The number of phenols is 1. The van der Waals surface area contributed by atoms with Crippen LogP contribution in [-0.4, -0.2) is 279 Å². The minimum atomic E-state index is -1.34. The van der Waals surface area contributed by atoms with Crippen molar-refractivity contribution < 1.29 is 82.4 Å².